The molecule has 2 rings (SSSR count). The van der Waals surface area contributed by atoms with E-state index < -0.39 is 0 Å². The Balaban J connectivity index is 2.04. The monoisotopic (exact) mass is 238 g/mol. The Kier molecular flexibility index (Phi) is 3.36. The summed E-state index contributed by atoms with van der Waals surface area (Å²) in [5.41, 5.74) is 0.813. The van der Waals surface area contributed by atoms with Gasteiger partial charge in [-0.15, -0.1) is 11.3 Å². The molecule has 0 atom stereocenters. The zero-order valence-electron chi connectivity index (χ0n) is 8.74. The van der Waals surface area contributed by atoms with E-state index in [9.17, 15) is 4.39 Å². The third kappa shape index (κ3) is 2.49. The van der Waals surface area contributed by atoms with E-state index in [-0.39, 0.29) is 11.6 Å². The summed E-state index contributed by atoms with van der Waals surface area (Å²) in [7, 11) is 1.45. The molecule has 0 bridgehead atoms. The van der Waals surface area contributed by atoms with Crippen molar-refractivity contribution in [2.45, 2.75) is 6.54 Å². The molecule has 0 saturated heterocycles. The van der Waals surface area contributed by atoms with Crippen molar-refractivity contribution in [3.63, 3.8) is 0 Å². The van der Waals surface area contributed by atoms with Crippen LogP contribution in [-0.4, -0.2) is 12.1 Å². The molecule has 5 heteroatoms. The first-order chi connectivity index (χ1) is 7.79. The lowest BCUT2D eigenvalue weighted by molar-refractivity contribution is 0.387. The highest BCUT2D eigenvalue weighted by molar-refractivity contribution is 7.09. The smallest absolute Gasteiger partial charge is 0.165 e. The lowest BCUT2D eigenvalue weighted by Crippen LogP contribution is -1.99. The Morgan fingerprint density at radius 3 is 3.06 bits per heavy atom. The fourth-order valence-corrected chi connectivity index (χ4v) is 1.84. The van der Waals surface area contributed by atoms with Gasteiger partial charge in [0.2, 0.25) is 0 Å². The minimum atomic E-state index is -0.359. The lowest BCUT2D eigenvalue weighted by atomic mass is 10.3. The van der Waals surface area contributed by atoms with E-state index in [0.717, 1.165) is 10.7 Å². The highest BCUT2D eigenvalue weighted by atomic mass is 32.1. The molecule has 0 spiro atoms. The molecular formula is C11H11FN2OS. The van der Waals surface area contributed by atoms with Gasteiger partial charge in [0.15, 0.2) is 11.6 Å². The first-order valence-corrected chi connectivity index (χ1v) is 5.63. The average molecular weight is 238 g/mol. The molecule has 0 unspecified atom stereocenters. The maximum Gasteiger partial charge on any atom is 0.165 e. The van der Waals surface area contributed by atoms with Crippen molar-refractivity contribution in [3.05, 3.63) is 40.6 Å². The van der Waals surface area contributed by atoms with Gasteiger partial charge < -0.3 is 10.1 Å². The number of aromatic nitrogens is 1. The number of nitrogens with zero attached hydrogens (tertiary/aromatic N) is 1. The normalized spacial score (nSPS) is 10.1. The van der Waals surface area contributed by atoms with Crippen LogP contribution in [0.15, 0.2) is 29.8 Å². The maximum atomic E-state index is 13.1. The Morgan fingerprint density at radius 1 is 1.50 bits per heavy atom. The molecule has 84 valence electrons. The van der Waals surface area contributed by atoms with Crippen molar-refractivity contribution in [1.82, 2.24) is 4.98 Å². The van der Waals surface area contributed by atoms with Crippen molar-refractivity contribution in [2.24, 2.45) is 0 Å². The molecule has 0 aliphatic heterocycles. The van der Waals surface area contributed by atoms with Gasteiger partial charge in [-0.1, -0.05) is 0 Å². The van der Waals surface area contributed by atoms with Crippen molar-refractivity contribution in [2.75, 3.05) is 12.4 Å². The second kappa shape index (κ2) is 4.94. The van der Waals surface area contributed by atoms with Crippen LogP contribution < -0.4 is 10.1 Å². The van der Waals surface area contributed by atoms with Crippen LogP contribution in [0.5, 0.6) is 5.75 Å². The van der Waals surface area contributed by atoms with E-state index in [2.05, 4.69) is 10.3 Å². The van der Waals surface area contributed by atoms with E-state index in [4.69, 9.17) is 4.74 Å². The molecule has 0 aliphatic rings. The molecule has 1 N–H and O–H groups in total. The first kappa shape index (κ1) is 10.9. The van der Waals surface area contributed by atoms with Gasteiger partial charge in [-0.25, -0.2) is 9.37 Å². The van der Waals surface area contributed by atoms with E-state index in [0.29, 0.717) is 6.54 Å². The van der Waals surface area contributed by atoms with Crippen molar-refractivity contribution in [3.8, 4) is 5.75 Å². The SMILES string of the molecule is COc1cc(NCc2nccs2)ccc1F. The second-order valence-electron chi connectivity index (χ2n) is 3.13. The summed E-state index contributed by atoms with van der Waals surface area (Å²) >= 11 is 1.58. The minimum Gasteiger partial charge on any atom is -0.494 e. The van der Waals surface area contributed by atoms with Crippen LogP contribution >= 0.6 is 11.3 Å². The number of benzene rings is 1. The number of ether oxygens (including phenoxy) is 1. The quantitative estimate of drug-likeness (QED) is 0.889. The van der Waals surface area contributed by atoms with E-state index in [1.807, 2.05) is 5.38 Å². The highest BCUT2D eigenvalue weighted by Gasteiger charge is 2.03. The highest BCUT2D eigenvalue weighted by Crippen LogP contribution is 2.21. The van der Waals surface area contributed by atoms with Crippen LogP contribution in [0.4, 0.5) is 10.1 Å². The van der Waals surface area contributed by atoms with Gasteiger partial charge in [0.05, 0.1) is 13.7 Å². The fourth-order valence-electron chi connectivity index (χ4n) is 1.29. The average Bonchev–Trinajstić information content (AvgIpc) is 2.81. The molecule has 1 aromatic heterocycles. The van der Waals surface area contributed by atoms with Gasteiger partial charge >= 0.3 is 0 Å². The largest absolute Gasteiger partial charge is 0.494 e. The third-order valence-corrected chi connectivity index (χ3v) is 2.86. The van der Waals surface area contributed by atoms with Gasteiger partial charge in [-0.05, 0) is 12.1 Å². The predicted molar refractivity (Wildman–Crippen MR) is 62.4 cm³/mol. The van der Waals surface area contributed by atoms with Crippen LogP contribution in [-0.2, 0) is 6.54 Å². The molecule has 2 aromatic rings. The zero-order chi connectivity index (χ0) is 11.4. The van der Waals surface area contributed by atoms with Crippen molar-refractivity contribution in [1.29, 1.82) is 0 Å². The Bertz CT molecular complexity index is 459. The number of halogens is 1. The Morgan fingerprint density at radius 2 is 2.38 bits per heavy atom. The Labute approximate surface area is 96.9 Å². The number of rotatable bonds is 4. The summed E-state index contributed by atoms with van der Waals surface area (Å²) < 4.78 is 18.0. The lowest BCUT2D eigenvalue weighted by Gasteiger charge is -2.07. The first-order valence-electron chi connectivity index (χ1n) is 4.75. The number of hydrogen-bond donors (Lipinski definition) is 1. The number of thiazole rings is 1. The minimum absolute atomic E-state index is 0.240. The molecule has 1 aromatic carbocycles. The van der Waals surface area contributed by atoms with E-state index in [1.165, 1.54) is 13.2 Å². The Hall–Kier alpha value is -1.62. The van der Waals surface area contributed by atoms with Crippen LogP contribution in [0, 0.1) is 5.82 Å². The van der Waals surface area contributed by atoms with Gasteiger partial charge in [0, 0.05) is 23.3 Å². The number of methoxy groups -OCH3 is 1. The van der Waals surface area contributed by atoms with Gasteiger partial charge in [0.25, 0.3) is 0 Å². The number of hydrogen-bond acceptors (Lipinski definition) is 4. The summed E-state index contributed by atoms with van der Waals surface area (Å²) in [6.07, 6.45) is 1.76. The maximum absolute atomic E-state index is 13.1. The van der Waals surface area contributed by atoms with Gasteiger partial charge in [-0.2, -0.15) is 0 Å². The molecule has 0 aliphatic carbocycles. The molecule has 0 radical (unpaired) electrons. The van der Waals surface area contributed by atoms with Crippen molar-refractivity contribution >= 4 is 17.0 Å². The third-order valence-electron chi connectivity index (χ3n) is 2.08. The molecule has 0 fully saturated rings. The van der Waals surface area contributed by atoms with Gasteiger partial charge in [0.1, 0.15) is 5.01 Å². The van der Waals surface area contributed by atoms with E-state index >= 15 is 0 Å². The van der Waals surface area contributed by atoms with Gasteiger partial charge in [-0.3, -0.25) is 0 Å². The standard InChI is InChI=1S/C11H11FN2OS/c1-15-10-6-8(2-3-9(10)12)14-7-11-13-4-5-16-11/h2-6,14H,7H2,1H3. The van der Waals surface area contributed by atoms with Crippen LogP contribution in [0.25, 0.3) is 0 Å². The summed E-state index contributed by atoms with van der Waals surface area (Å²) in [6.45, 7) is 0.631. The predicted octanol–water partition coefficient (Wildman–Crippen LogP) is 2.90. The fraction of sp³-hybridized carbons (Fsp3) is 0.182. The van der Waals surface area contributed by atoms with Crippen LogP contribution in [0.2, 0.25) is 0 Å². The summed E-state index contributed by atoms with van der Waals surface area (Å²) in [5, 5.41) is 6.06. The number of anilines is 1. The van der Waals surface area contributed by atoms with Crippen molar-refractivity contribution < 1.29 is 9.13 Å². The summed E-state index contributed by atoms with van der Waals surface area (Å²) in [6, 6.07) is 4.68. The zero-order valence-corrected chi connectivity index (χ0v) is 9.55. The molecule has 0 amide bonds. The molecule has 3 nitrogen and oxygen atoms in total. The van der Waals surface area contributed by atoms with Crippen LogP contribution in [0.3, 0.4) is 0 Å². The molecular weight excluding hydrogens is 227 g/mol. The van der Waals surface area contributed by atoms with Crippen LogP contribution in [0.1, 0.15) is 5.01 Å². The topological polar surface area (TPSA) is 34.1 Å². The molecule has 0 saturated carbocycles. The molecule has 1 heterocycles. The van der Waals surface area contributed by atoms with E-state index in [1.54, 1.807) is 29.7 Å². The number of nitrogens with one attached hydrogen (secondary N) is 1. The summed E-state index contributed by atoms with van der Waals surface area (Å²) in [4.78, 5) is 4.14. The summed E-state index contributed by atoms with van der Waals surface area (Å²) in [5.74, 6) is -0.119. The molecule has 16 heavy (non-hydrogen) atoms. The second-order valence-corrected chi connectivity index (χ2v) is 4.11.